The first-order valence-electron chi connectivity index (χ1n) is 20.4. The van der Waals surface area contributed by atoms with E-state index in [0.717, 1.165) is 76.0 Å². The summed E-state index contributed by atoms with van der Waals surface area (Å²) in [5.74, 6) is 7.76. The van der Waals surface area contributed by atoms with Crippen molar-refractivity contribution in [2.24, 2.45) is 47.3 Å². The highest BCUT2D eigenvalue weighted by Gasteiger charge is 2.60. The maximum Gasteiger partial charge on any atom is 0.0652 e. The van der Waals surface area contributed by atoms with Crippen molar-refractivity contribution < 1.29 is 4.74 Å². The third kappa shape index (κ3) is 5.44. The number of nitrogens with zero attached hydrogens (tertiary/aromatic N) is 1. The molecule has 9 fully saturated rings. The van der Waals surface area contributed by atoms with Crippen LogP contribution in [0.5, 0.6) is 0 Å². The molecule has 0 amide bonds. The van der Waals surface area contributed by atoms with Crippen LogP contribution in [0.1, 0.15) is 161 Å². The number of rotatable bonds is 4. The van der Waals surface area contributed by atoms with E-state index in [1.807, 2.05) is 0 Å². The zero-order valence-corrected chi connectivity index (χ0v) is 28.4. The first-order chi connectivity index (χ1) is 21.3. The summed E-state index contributed by atoms with van der Waals surface area (Å²) in [7, 11) is 0. The molecule has 7 aliphatic carbocycles. The minimum atomic E-state index is 0.632. The van der Waals surface area contributed by atoms with Gasteiger partial charge in [0.15, 0.2) is 0 Å². The second-order valence-electron chi connectivity index (χ2n) is 17.9. The second-order valence-corrected chi connectivity index (χ2v) is 19.4. The Kier molecular flexibility index (Phi) is 8.69. The van der Waals surface area contributed by atoms with E-state index in [1.165, 1.54) is 135 Å². The van der Waals surface area contributed by atoms with E-state index in [0.29, 0.717) is 12.2 Å². The Bertz CT molecular complexity index is 941. The summed E-state index contributed by atoms with van der Waals surface area (Å²) in [6, 6.07) is 2.74. The van der Waals surface area contributed by atoms with Crippen LogP contribution in [-0.4, -0.2) is 45.7 Å². The van der Waals surface area contributed by atoms with Crippen LogP contribution >= 0.6 is 11.8 Å². The molecule has 2 saturated heterocycles. The van der Waals surface area contributed by atoms with Crippen LogP contribution in [0.15, 0.2) is 0 Å². The third-order valence-corrected chi connectivity index (χ3v) is 17.9. The van der Waals surface area contributed by atoms with E-state index >= 15 is 0 Å². The first-order valence-corrected chi connectivity index (χ1v) is 21.3. The van der Waals surface area contributed by atoms with Crippen LogP contribution in [0.25, 0.3) is 0 Å². The highest BCUT2D eigenvalue weighted by atomic mass is 32.2. The van der Waals surface area contributed by atoms with E-state index in [9.17, 15) is 0 Å². The van der Waals surface area contributed by atoms with Gasteiger partial charge in [0.05, 0.1) is 12.2 Å². The Hall–Kier alpha value is 0.270. The first kappa shape index (κ1) is 29.4. The third-order valence-electron chi connectivity index (χ3n) is 16.1. The van der Waals surface area contributed by atoms with Gasteiger partial charge in [-0.1, -0.05) is 64.2 Å². The molecule has 43 heavy (non-hydrogen) atoms. The molecule has 2 heterocycles. The number of thioether (sulfide) groups is 1. The van der Waals surface area contributed by atoms with Gasteiger partial charge in [0.2, 0.25) is 0 Å². The lowest BCUT2D eigenvalue weighted by atomic mass is 9.62. The molecule has 3 heteroatoms. The topological polar surface area (TPSA) is 12.5 Å². The number of ether oxygens (including phenoxy) is 1. The van der Waals surface area contributed by atoms with Gasteiger partial charge in [-0.2, -0.15) is 11.8 Å². The lowest BCUT2D eigenvalue weighted by molar-refractivity contribution is -0.0779. The molecular formula is C40H65NOS. The molecule has 0 aromatic heterocycles. The molecule has 0 radical (unpaired) electrons. The monoisotopic (exact) mass is 607 g/mol. The maximum atomic E-state index is 7.49. The summed E-state index contributed by atoms with van der Waals surface area (Å²) in [4.78, 5) is 3.27. The fraction of sp³-hybridized carbons (Fsp3) is 1.00. The number of hydrogen-bond donors (Lipinski definition) is 0. The fourth-order valence-electron chi connectivity index (χ4n) is 14.3. The molecule has 12 atom stereocenters. The van der Waals surface area contributed by atoms with Gasteiger partial charge in [0.25, 0.3) is 0 Å². The molecule has 242 valence electrons. The molecule has 0 bridgehead atoms. The smallest absolute Gasteiger partial charge is 0.0652 e. The summed E-state index contributed by atoms with van der Waals surface area (Å²) in [5, 5.41) is 1.93. The summed E-state index contributed by atoms with van der Waals surface area (Å²) >= 11 is 2.44. The molecule has 2 nitrogen and oxygen atoms in total. The lowest BCUT2D eigenvalue weighted by Gasteiger charge is -2.52. The summed E-state index contributed by atoms with van der Waals surface area (Å²) in [6.45, 7) is 0. The Morgan fingerprint density at radius 1 is 0.395 bits per heavy atom. The van der Waals surface area contributed by atoms with Crippen LogP contribution in [0.2, 0.25) is 0 Å². The van der Waals surface area contributed by atoms with E-state index in [-0.39, 0.29) is 0 Å². The largest absolute Gasteiger partial charge is 0.374 e. The molecule has 0 N–H and O–H groups in total. The molecule has 2 aliphatic heterocycles. The van der Waals surface area contributed by atoms with Crippen LogP contribution in [0.3, 0.4) is 0 Å². The Morgan fingerprint density at radius 2 is 1.05 bits per heavy atom. The van der Waals surface area contributed by atoms with Crippen molar-refractivity contribution >= 4 is 11.8 Å². The van der Waals surface area contributed by atoms with E-state index in [4.69, 9.17) is 4.74 Å². The Balaban J connectivity index is 0.879. The fourth-order valence-corrected chi connectivity index (χ4v) is 16.4. The minimum Gasteiger partial charge on any atom is -0.374 e. The number of hydrogen-bond acceptors (Lipinski definition) is 3. The zero-order chi connectivity index (χ0) is 28.3. The molecular weight excluding hydrogens is 543 g/mol. The maximum absolute atomic E-state index is 7.49. The Labute approximate surface area is 269 Å². The van der Waals surface area contributed by atoms with E-state index < -0.39 is 0 Å². The standard InChI is InChI=1S/C40H65NOS/c1-2-11-29(12-3-1)41(31-22-17-26-9-4-5-10-28(26)25-31)30-20-18-27(19-21-30)32-14-8-15-33-34-23-24-37-38(40(34)42-39(32)33)35-13-6-7-16-36(35)43-37/h26-40H,1-25H2. The van der Waals surface area contributed by atoms with Crippen LogP contribution < -0.4 is 0 Å². The predicted molar refractivity (Wildman–Crippen MR) is 180 cm³/mol. The highest BCUT2D eigenvalue weighted by Crippen LogP contribution is 2.62. The average Bonchev–Trinajstić information content (AvgIpc) is 3.64. The lowest BCUT2D eigenvalue weighted by Crippen LogP contribution is -2.54. The quantitative estimate of drug-likeness (QED) is 0.315. The summed E-state index contributed by atoms with van der Waals surface area (Å²) < 4.78 is 7.49. The predicted octanol–water partition coefficient (Wildman–Crippen LogP) is 10.4. The summed E-state index contributed by atoms with van der Waals surface area (Å²) in [6.07, 6.45) is 39.2. The van der Waals surface area contributed by atoms with Gasteiger partial charge < -0.3 is 4.74 Å². The average molecular weight is 608 g/mol. The van der Waals surface area contributed by atoms with Gasteiger partial charge in [0, 0.05) is 34.5 Å². The van der Waals surface area contributed by atoms with Gasteiger partial charge >= 0.3 is 0 Å². The van der Waals surface area contributed by atoms with Crippen LogP contribution in [-0.2, 0) is 4.74 Å². The molecule has 0 aromatic rings. The van der Waals surface area contributed by atoms with Gasteiger partial charge in [0.1, 0.15) is 0 Å². The minimum absolute atomic E-state index is 0.632. The van der Waals surface area contributed by atoms with Crippen molar-refractivity contribution in [1.82, 2.24) is 4.90 Å². The molecule has 12 unspecified atom stereocenters. The van der Waals surface area contributed by atoms with Gasteiger partial charge in [-0.25, -0.2) is 0 Å². The van der Waals surface area contributed by atoms with Crippen molar-refractivity contribution in [3.63, 3.8) is 0 Å². The molecule has 7 saturated carbocycles. The van der Waals surface area contributed by atoms with E-state index in [2.05, 4.69) is 16.7 Å². The summed E-state index contributed by atoms with van der Waals surface area (Å²) in [5.41, 5.74) is 0. The zero-order valence-electron chi connectivity index (χ0n) is 27.6. The SMILES string of the molecule is C1CCC(N(C2CCC(C3CCCC4C5CCC6SC7CCCCC7C6C5OC34)CC2)C2CCC3CCCCC3C2)CC1. The second kappa shape index (κ2) is 12.7. The van der Waals surface area contributed by atoms with Gasteiger partial charge in [-0.3, -0.25) is 4.90 Å². The molecule has 0 spiro atoms. The number of fused-ring (bicyclic) bond motifs is 8. The van der Waals surface area contributed by atoms with Gasteiger partial charge in [-0.05, 0) is 138 Å². The van der Waals surface area contributed by atoms with Crippen molar-refractivity contribution in [3.8, 4) is 0 Å². The van der Waals surface area contributed by atoms with Crippen molar-refractivity contribution in [3.05, 3.63) is 0 Å². The van der Waals surface area contributed by atoms with Crippen molar-refractivity contribution in [1.29, 1.82) is 0 Å². The molecule has 9 aliphatic rings. The van der Waals surface area contributed by atoms with Crippen molar-refractivity contribution in [2.75, 3.05) is 0 Å². The van der Waals surface area contributed by atoms with Crippen LogP contribution in [0.4, 0.5) is 0 Å². The molecule has 9 rings (SSSR count). The highest BCUT2D eigenvalue weighted by molar-refractivity contribution is 8.00. The van der Waals surface area contributed by atoms with Gasteiger partial charge in [-0.15, -0.1) is 0 Å². The molecule has 0 aromatic carbocycles. The van der Waals surface area contributed by atoms with Crippen molar-refractivity contribution in [2.45, 2.75) is 201 Å². The van der Waals surface area contributed by atoms with Crippen LogP contribution in [0, 0.1) is 47.3 Å². The Morgan fingerprint density at radius 3 is 1.93 bits per heavy atom. The van der Waals surface area contributed by atoms with E-state index in [1.54, 1.807) is 25.7 Å². The normalized spacial score (nSPS) is 52.1.